The molecule has 29 heavy (non-hydrogen) atoms. The highest BCUT2D eigenvalue weighted by atomic mass is 32.1. The quantitative estimate of drug-likeness (QED) is 0.563. The fourth-order valence-corrected chi connectivity index (χ4v) is 5.13. The zero-order valence-electron chi connectivity index (χ0n) is 15.4. The molecule has 0 spiro atoms. The van der Waals surface area contributed by atoms with Crippen molar-refractivity contribution in [2.24, 2.45) is 0 Å². The summed E-state index contributed by atoms with van der Waals surface area (Å²) in [6, 6.07) is 6.57. The van der Waals surface area contributed by atoms with Crippen molar-refractivity contribution in [2.45, 2.75) is 31.3 Å². The Labute approximate surface area is 169 Å². The van der Waals surface area contributed by atoms with Gasteiger partial charge in [-0.2, -0.15) is 5.10 Å². The number of aromatic amines is 1. The van der Waals surface area contributed by atoms with Gasteiger partial charge in [-0.3, -0.25) is 9.48 Å². The highest BCUT2D eigenvalue weighted by molar-refractivity contribution is 7.18. The topological polar surface area (TPSA) is 79.7 Å². The number of carbonyl (C=O) groups excluding carboxylic acids is 1. The first-order chi connectivity index (χ1) is 14.2. The summed E-state index contributed by atoms with van der Waals surface area (Å²) < 4.78 is 16.9. The first-order valence-corrected chi connectivity index (χ1v) is 10.4. The number of hydrogen-bond acceptors (Lipinski definition) is 5. The number of imidazole rings is 1. The predicted molar refractivity (Wildman–Crippen MR) is 105 cm³/mol. The summed E-state index contributed by atoms with van der Waals surface area (Å²) in [7, 11) is 0. The zero-order valence-corrected chi connectivity index (χ0v) is 16.2. The summed E-state index contributed by atoms with van der Waals surface area (Å²) in [4.78, 5) is 27.6. The number of halogens is 1. The highest BCUT2D eigenvalue weighted by Gasteiger charge is 2.39. The molecule has 4 heterocycles. The molecule has 1 N–H and O–H groups in total. The molecule has 3 aromatic heterocycles. The predicted octanol–water partition coefficient (Wildman–Crippen LogP) is 3.48. The van der Waals surface area contributed by atoms with Crippen molar-refractivity contribution in [3.05, 3.63) is 64.7 Å². The molecule has 0 bridgehead atoms. The lowest BCUT2D eigenvalue weighted by atomic mass is 10.0. The molecule has 2 aliphatic rings. The number of amides is 1. The van der Waals surface area contributed by atoms with Crippen molar-refractivity contribution in [3.8, 4) is 0 Å². The van der Waals surface area contributed by atoms with E-state index in [-0.39, 0.29) is 11.7 Å². The standard InChI is InChI=1S/C20H17FN6OS/c21-12-2-1-3-15-16(12)25-19(29-15)18-17-13(22-10-23-17)7-9-26(18)20(28)14-6-8-24-27(14)11-4-5-11/h1-3,6,8,10-11,18H,4-5,7,9H2,(H,22,23)/t18-/m0/s1. The molecule has 1 saturated carbocycles. The van der Waals surface area contributed by atoms with Crippen LogP contribution in [0.5, 0.6) is 0 Å². The number of H-pyrrole nitrogens is 1. The molecule has 1 aliphatic carbocycles. The molecule has 1 atom stereocenters. The van der Waals surface area contributed by atoms with E-state index >= 15 is 0 Å². The van der Waals surface area contributed by atoms with Crippen molar-refractivity contribution in [1.29, 1.82) is 0 Å². The van der Waals surface area contributed by atoms with Gasteiger partial charge in [0.25, 0.3) is 5.91 Å². The van der Waals surface area contributed by atoms with Crippen LogP contribution in [0.1, 0.15) is 51.8 Å². The summed E-state index contributed by atoms with van der Waals surface area (Å²) in [6.07, 6.45) is 6.11. The second-order valence-electron chi connectivity index (χ2n) is 7.45. The lowest BCUT2D eigenvalue weighted by molar-refractivity contribution is 0.0677. The van der Waals surface area contributed by atoms with Gasteiger partial charge in [-0.1, -0.05) is 6.07 Å². The number of hydrogen-bond donors (Lipinski definition) is 1. The van der Waals surface area contributed by atoms with E-state index < -0.39 is 6.04 Å². The average Bonchev–Trinajstić information content (AvgIpc) is 3.13. The number of nitrogens with zero attached hydrogens (tertiary/aromatic N) is 5. The molecule has 7 nitrogen and oxygen atoms in total. The molecule has 1 amide bonds. The number of aromatic nitrogens is 5. The number of benzene rings is 1. The van der Waals surface area contributed by atoms with E-state index in [9.17, 15) is 9.18 Å². The van der Waals surface area contributed by atoms with Gasteiger partial charge in [0.1, 0.15) is 28.1 Å². The highest BCUT2D eigenvalue weighted by Crippen LogP contribution is 2.40. The lowest BCUT2D eigenvalue weighted by Crippen LogP contribution is -2.41. The smallest absolute Gasteiger partial charge is 0.273 e. The van der Waals surface area contributed by atoms with Gasteiger partial charge in [-0.05, 0) is 31.0 Å². The Hall–Kier alpha value is -3.07. The molecule has 0 radical (unpaired) electrons. The van der Waals surface area contributed by atoms with Crippen LogP contribution >= 0.6 is 11.3 Å². The van der Waals surface area contributed by atoms with Crippen LogP contribution in [0.25, 0.3) is 10.2 Å². The van der Waals surface area contributed by atoms with E-state index in [0.29, 0.717) is 35.2 Å². The molecular formula is C20H17FN6OS. The van der Waals surface area contributed by atoms with Gasteiger partial charge in [-0.15, -0.1) is 11.3 Å². The molecule has 1 aromatic carbocycles. The third-order valence-electron chi connectivity index (χ3n) is 5.59. The Balaban J connectivity index is 1.47. The zero-order chi connectivity index (χ0) is 19.5. The third kappa shape index (κ3) is 2.61. The summed E-state index contributed by atoms with van der Waals surface area (Å²) in [5.41, 5.74) is 2.70. The van der Waals surface area contributed by atoms with E-state index in [1.165, 1.54) is 17.4 Å². The molecular weight excluding hydrogens is 391 g/mol. The van der Waals surface area contributed by atoms with E-state index in [1.807, 2.05) is 10.7 Å². The normalized spacial score (nSPS) is 18.9. The molecule has 1 aliphatic heterocycles. The number of thiazole rings is 1. The van der Waals surface area contributed by atoms with Crippen molar-refractivity contribution in [2.75, 3.05) is 6.54 Å². The van der Waals surface area contributed by atoms with Gasteiger partial charge in [0.15, 0.2) is 0 Å². The van der Waals surface area contributed by atoms with Crippen molar-refractivity contribution < 1.29 is 9.18 Å². The summed E-state index contributed by atoms with van der Waals surface area (Å²) in [6.45, 7) is 0.535. The van der Waals surface area contributed by atoms with E-state index in [1.54, 1.807) is 29.6 Å². The average molecular weight is 408 g/mol. The van der Waals surface area contributed by atoms with Crippen molar-refractivity contribution in [1.82, 2.24) is 29.6 Å². The Morgan fingerprint density at radius 2 is 2.17 bits per heavy atom. The van der Waals surface area contributed by atoms with Gasteiger partial charge in [0.2, 0.25) is 0 Å². The van der Waals surface area contributed by atoms with Crippen LogP contribution in [-0.2, 0) is 6.42 Å². The first kappa shape index (κ1) is 16.8. The monoisotopic (exact) mass is 408 g/mol. The van der Waals surface area contributed by atoms with Crippen LogP contribution in [0.2, 0.25) is 0 Å². The summed E-state index contributed by atoms with van der Waals surface area (Å²) >= 11 is 1.40. The molecule has 9 heteroatoms. The molecule has 146 valence electrons. The van der Waals surface area contributed by atoms with Crippen molar-refractivity contribution >= 4 is 27.5 Å². The SMILES string of the molecule is O=C(c1ccnn1C1CC1)N1CCc2[nH]cnc2[C@H]1c1nc2c(F)cccc2s1. The molecule has 1 fully saturated rings. The molecule has 6 rings (SSSR count). The second-order valence-corrected chi connectivity index (χ2v) is 8.51. The van der Waals surface area contributed by atoms with Gasteiger partial charge in [-0.25, -0.2) is 14.4 Å². The maximum absolute atomic E-state index is 14.3. The Morgan fingerprint density at radius 3 is 3.00 bits per heavy atom. The fraction of sp³-hybridized carbons (Fsp3) is 0.300. The number of nitrogens with one attached hydrogen (secondary N) is 1. The van der Waals surface area contributed by atoms with E-state index in [2.05, 4.69) is 20.1 Å². The number of fused-ring (bicyclic) bond motifs is 2. The first-order valence-electron chi connectivity index (χ1n) is 9.62. The molecule has 0 unspecified atom stereocenters. The second kappa shape index (κ2) is 6.21. The van der Waals surface area contributed by atoms with Crippen LogP contribution in [0.4, 0.5) is 4.39 Å². The van der Waals surface area contributed by atoms with Crippen LogP contribution in [0.3, 0.4) is 0 Å². The van der Waals surface area contributed by atoms with Crippen LogP contribution in [0.15, 0.2) is 36.8 Å². The Morgan fingerprint density at radius 1 is 1.28 bits per heavy atom. The summed E-state index contributed by atoms with van der Waals surface area (Å²) in [5, 5.41) is 5.03. The summed E-state index contributed by atoms with van der Waals surface area (Å²) in [5.74, 6) is -0.444. The Bertz CT molecular complexity index is 1240. The molecule has 0 saturated heterocycles. The number of rotatable bonds is 3. The number of carbonyl (C=O) groups is 1. The lowest BCUT2D eigenvalue weighted by Gasteiger charge is -2.33. The number of para-hydroxylation sites is 1. The minimum atomic E-state index is -0.447. The molecule has 4 aromatic rings. The van der Waals surface area contributed by atoms with E-state index in [0.717, 1.165) is 28.9 Å². The van der Waals surface area contributed by atoms with Crippen molar-refractivity contribution in [3.63, 3.8) is 0 Å². The van der Waals surface area contributed by atoms with Crippen LogP contribution in [0, 0.1) is 5.82 Å². The Kier molecular flexibility index (Phi) is 3.61. The minimum absolute atomic E-state index is 0.0900. The van der Waals surface area contributed by atoms with Gasteiger partial charge in [0.05, 0.1) is 22.8 Å². The largest absolute Gasteiger partial charge is 0.348 e. The van der Waals surface area contributed by atoms with Gasteiger partial charge < -0.3 is 9.88 Å². The van der Waals surface area contributed by atoms with Crippen LogP contribution in [-0.4, -0.2) is 42.1 Å². The van der Waals surface area contributed by atoms with Gasteiger partial charge >= 0.3 is 0 Å². The van der Waals surface area contributed by atoms with Crippen LogP contribution < -0.4 is 0 Å². The maximum atomic E-state index is 14.3. The fourth-order valence-electron chi connectivity index (χ4n) is 4.04. The maximum Gasteiger partial charge on any atom is 0.273 e. The third-order valence-corrected chi connectivity index (χ3v) is 6.66. The van der Waals surface area contributed by atoms with E-state index in [4.69, 9.17) is 0 Å². The minimum Gasteiger partial charge on any atom is -0.348 e. The van der Waals surface area contributed by atoms with Gasteiger partial charge in [0, 0.05) is 24.9 Å².